The molecule has 7 nitrogen and oxygen atoms in total. The van der Waals surface area contributed by atoms with Crippen LogP contribution in [0, 0.1) is 13.8 Å². The van der Waals surface area contributed by atoms with E-state index in [1.54, 1.807) is 24.7 Å². The molecule has 25 heavy (non-hydrogen) atoms. The number of carbonyl (C=O) groups is 1. The van der Waals surface area contributed by atoms with Crippen LogP contribution in [0.25, 0.3) is 5.69 Å². The van der Waals surface area contributed by atoms with Gasteiger partial charge in [0.1, 0.15) is 5.76 Å². The summed E-state index contributed by atoms with van der Waals surface area (Å²) < 4.78 is 6.78. The number of aliphatic hydroxyl groups excluding tert-OH is 1. The summed E-state index contributed by atoms with van der Waals surface area (Å²) in [5, 5.41) is 21.0. The fourth-order valence-corrected chi connectivity index (χ4v) is 2.58. The molecule has 3 aromatic rings. The Hall–Kier alpha value is -2.93. The van der Waals surface area contributed by atoms with Crippen LogP contribution in [0.5, 0.6) is 0 Å². The molecule has 0 aliphatic rings. The molecular formula is C18H20N4O3. The lowest BCUT2D eigenvalue weighted by Gasteiger charge is -2.13. The lowest BCUT2D eigenvalue weighted by Crippen LogP contribution is -2.29. The quantitative estimate of drug-likeness (QED) is 0.714. The molecule has 2 N–H and O–H groups in total. The molecule has 1 atom stereocenters. The van der Waals surface area contributed by atoms with E-state index in [-0.39, 0.29) is 18.9 Å². The Morgan fingerprint density at radius 1 is 1.32 bits per heavy atom. The normalized spacial score (nSPS) is 12.1. The SMILES string of the molecule is Cc1noc(C)c1CC(=O)NCC(O)c1ccc(-n2cccn2)cc1. The molecule has 2 heterocycles. The number of aromatic nitrogens is 3. The van der Waals surface area contributed by atoms with Crippen molar-refractivity contribution in [3.8, 4) is 5.69 Å². The van der Waals surface area contributed by atoms with E-state index in [0.29, 0.717) is 11.5 Å². The Balaban J connectivity index is 1.55. The first kappa shape index (κ1) is 16.9. The lowest BCUT2D eigenvalue weighted by molar-refractivity contribution is -0.120. The van der Waals surface area contributed by atoms with Crippen LogP contribution in [0.4, 0.5) is 0 Å². The molecule has 0 radical (unpaired) electrons. The first-order valence-corrected chi connectivity index (χ1v) is 8.01. The molecule has 1 aromatic carbocycles. The number of aryl methyl sites for hydroxylation is 2. The van der Waals surface area contributed by atoms with Crippen LogP contribution in [0.15, 0.2) is 47.2 Å². The van der Waals surface area contributed by atoms with Gasteiger partial charge in [-0.3, -0.25) is 4.79 Å². The summed E-state index contributed by atoms with van der Waals surface area (Å²) in [7, 11) is 0. The molecule has 1 amide bonds. The fourth-order valence-electron chi connectivity index (χ4n) is 2.58. The van der Waals surface area contributed by atoms with E-state index >= 15 is 0 Å². The van der Waals surface area contributed by atoms with E-state index in [9.17, 15) is 9.90 Å². The highest BCUT2D eigenvalue weighted by Gasteiger charge is 2.15. The largest absolute Gasteiger partial charge is 0.387 e. The average molecular weight is 340 g/mol. The molecule has 0 saturated heterocycles. The molecule has 0 aliphatic heterocycles. The van der Waals surface area contributed by atoms with Gasteiger partial charge in [-0.05, 0) is 37.6 Å². The second-order valence-corrected chi connectivity index (χ2v) is 5.84. The maximum Gasteiger partial charge on any atom is 0.224 e. The Kier molecular flexibility index (Phi) is 4.95. The highest BCUT2D eigenvalue weighted by molar-refractivity contribution is 5.79. The van der Waals surface area contributed by atoms with Crippen molar-refractivity contribution < 1.29 is 14.4 Å². The average Bonchev–Trinajstić information content (AvgIpc) is 3.26. The topological polar surface area (TPSA) is 93.2 Å². The number of carbonyl (C=O) groups excluding carboxylic acids is 1. The van der Waals surface area contributed by atoms with Crippen LogP contribution >= 0.6 is 0 Å². The number of hydrogen-bond donors (Lipinski definition) is 2. The van der Waals surface area contributed by atoms with E-state index in [2.05, 4.69) is 15.6 Å². The van der Waals surface area contributed by atoms with Crippen LogP contribution in [0.3, 0.4) is 0 Å². The maximum atomic E-state index is 12.1. The molecule has 7 heteroatoms. The van der Waals surface area contributed by atoms with Crippen molar-refractivity contribution in [2.24, 2.45) is 0 Å². The summed E-state index contributed by atoms with van der Waals surface area (Å²) in [6, 6.07) is 9.23. The Labute approximate surface area is 145 Å². The molecule has 0 bridgehead atoms. The van der Waals surface area contributed by atoms with Crippen LogP contribution in [-0.4, -0.2) is 32.5 Å². The van der Waals surface area contributed by atoms with Crippen molar-refractivity contribution in [3.63, 3.8) is 0 Å². The number of rotatable bonds is 6. The van der Waals surface area contributed by atoms with Gasteiger partial charge in [0.2, 0.25) is 5.91 Å². The molecule has 1 unspecified atom stereocenters. The third-order valence-corrected chi connectivity index (χ3v) is 4.06. The molecular weight excluding hydrogens is 320 g/mol. The Morgan fingerprint density at radius 3 is 2.68 bits per heavy atom. The summed E-state index contributed by atoms with van der Waals surface area (Å²) in [5.74, 6) is 0.462. The van der Waals surface area contributed by atoms with Gasteiger partial charge in [0, 0.05) is 24.5 Å². The van der Waals surface area contributed by atoms with E-state index < -0.39 is 6.10 Å². The Bertz CT molecular complexity index is 818. The van der Waals surface area contributed by atoms with E-state index in [0.717, 1.165) is 16.8 Å². The second-order valence-electron chi connectivity index (χ2n) is 5.84. The minimum Gasteiger partial charge on any atom is -0.387 e. The molecule has 0 fully saturated rings. The summed E-state index contributed by atoms with van der Waals surface area (Å²) >= 11 is 0. The summed E-state index contributed by atoms with van der Waals surface area (Å²) in [6.45, 7) is 3.72. The fraction of sp³-hybridized carbons (Fsp3) is 0.278. The van der Waals surface area contributed by atoms with Gasteiger partial charge in [0.25, 0.3) is 0 Å². The van der Waals surface area contributed by atoms with E-state index in [1.165, 1.54) is 0 Å². The first-order valence-electron chi connectivity index (χ1n) is 8.01. The zero-order valence-corrected chi connectivity index (χ0v) is 14.1. The van der Waals surface area contributed by atoms with Crippen molar-refractivity contribution in [1.82, 2.24) is 20.3 Å². The summed E-state index contributed by atoms with van der Waals surface area (Å²) in [5.41, 5.74) is 3.13. The van der Waals surface area contributed by atoms with Gasteiger partial charge in [-0.1, -0.05) is 17.3 Å². The van der Waals surface area contributed by atoms with Crippen molar-refractivity contribution in [1.29, 1.82) is 0 Å². The molecule has 2 aromatic heterocycles. The predicted octanol–water partition coefficient (Wildman–Crippen LogP) is 1.87. The first-order chi connectivity index (χ1) is 12.0. The number of hydrogen-bond acceptors (Lipinski definition) is 5. The highest BCUT2D eigenvalue weighted by Crippen LogP contribution is 2.16. The van der Waals surface area contributed by atoms with Crippen LogP contribution < -0.4 is 5.32 Å². The predicted molar refractivity (Wildman–Crippen MR) is 91.2 cm³/mol. The zero-order chi connectivity index (χ0) is 17.8. The van der Waals surface area contributed by atoms with Crippen LogP contribution in [0.2, 0.25) is 0 Å². The standard InChI is InChI=1S/C18H20N4O3/c1-12-16(13(2)25-21-12)10-18(24)19-11-17(23)14-4-6-15(7-5-14)22-9-3-8-20-22/h3-9,17,23H,10-11H2,1-2H3,(H,19,24). The minimum atomic E-state index is -0.778. The smallest absolute Gasteiger partial charge is 0.224 e. The van der Waals surface area contributed by atoms with E-state index in [4.69, 9.17) is 4.52 Å². The van der Waals surface area contributed by atoms with Crippen LogP contribution in [0.1, 0.15) is 28.7 Å². The minimum absolute atomic E-state index is 0.142. The maximum absolute atomic E-state index is 12.1. The van der Waals surface area contributed by atoms with Gasteiger partial charge in [0.15, 0.2) is 0 Å². The van der Waals surface area contributed by atoms with Crippen molar-refractivity contribution in [2.75, 3.05) is 6.54 Å². The van der Waals surface area contributed by atoms with E-state index in [1.807, 2.05) is 36.5 Å². The van der Waals surface area contributed by atoms with Crippen molar-refractivity contribution >= 4 is 5.91 Å². The molecule has 0 saturated carbocycles. The van der Waals surface area contributed by atoms with Gasteiger partial charge < -0.3 is 14.9 Å². The van der Waals surface area contributed by atoms with Gasteiger partial charge in [-0.2, -0.15) is 5.10 Å². The van der Waals surface area contributed by atoms with Crippen molar-refractivity contribution in [3.05, 3.63) is 65.3 Å². The number of amides is 1. The van der Waals surface area contributed by atoms with Gasteiger partial charge in [-0.25, -0.2) is 4.68 Å². The zero-order valence-electron chi connectivity index (χ0n) is 14.1. The lowest BCUT2D eigenvalue weighted by atomic mass is 10.1. The number of nitrogens with one attached hydrogen (secondary N) is 1. The third-order valence-electron chi connectivity index (χ3n) is 4.06. The molecule has 130 valence electrons. The summed E-state index contributed by atoms with van der Waals surface area (Å²) in [4.78, 5) is 12.1. The number of aliphatic hydroxyl groups is 1. The number of benzene rings is 1. The van der Waals surface area contributed by atoms with Crippen LogP contribution in [-0.2, 0) is 11.2 Å². The molecule has 0 spiro atoms. The monoisotopic (exact) mass is 340 g/mol. The van der Waals surface area contributed by atoms with Gasteiger partial charge in [0.05, 0.1) is 23.9 Å². The van der Waals surface area contributed by atoms with Crippen molar-refractivity contribution in [2.45, 2.75) is 26.4 Å². The third kappa shape index (κ3) is 3.95. The second kappa shape index (κ2) is 7.31. The highest BCUT2D eigenvalue weighted by atomic mass is 16.5. The summed E-state index contributed by atoms with van der Waals surface area (Å²) in [6.07, 6.45) is 2.96. The van der Waals surface area contributed by atoms with Gasteiger partial charge >= 0.3 is 0 Å². The number of nitrogens with zero attached hydrogens (tertiary/aromatic N) is 3. The molecule has 0 aliphatic carbocycles. The molecule has 3 rings (SSSR count). The van der Waals surface area contributed by atoms with Gasteiger partial charge in [-0.15, -0.1) is 0 Å². The Morgan fingerprint density at radius 2 is 2.08 bits per heavy atom.